The van der Waals surface area contributed by atoms with E-state index >= 15 is 0 Å². The molecule has 2 aromatic rings. The van der Waals surface area contributed by atoms with Crippen LogP contribution in [0.3, 0.4) is 0 Å². The molecule has 1 aromatic heterocycles. The summed E-state index contributed by atoms with van der Waals surface area (Å²) in [6, 6.07) is 7.75. The van der Waals surface area contributed by atoms with Gasteiger partial charge in [0.15, 0.2) is 0 Å². The van der Waals surface area contributed by atoms with Gasteiger partial charge < -0.3 is 15.4 Å². The largest absolute Gasteiger partial charge is 0.381 e. The number of rotatable bonds is 3. The normalized spacial score (nSPS) is 15.5. The van der Waals surface area contributed by atoms with E-state index in [0.29, 0.717) is 11.7 Å². The molecule has 6 heteroatoms. The fourth-order valence-electron chi connectivity index (χ4n) is 2.48. The summed E-state index contributed by atoms with van der Waals surface area (Å²) in [6.45, 7) is 3.54. The molecule has 2 amide bonds. The van der Waals surface area contributed by atoms with E-state index in [4.69, 9.17) is 4.74 Å². The number of amides is 2. The Kier molecular flexibility index (Phi) is 4.39. The topological polar surface area (TPSA) is 68.2 Å². The Bertz CT molecular complexity index is 630. The second kappa shape index (κ2) is 6.62. The molecule has 0 radical (unpaired) electrons. The van der Waals surface area contributed by atoms with E-state index in [2.05, 4.69) is 15.7 Å². The molecule has 0 spiro atoms. The molecule has 0 bridgehead atoms. The van der Waals surface area contributed by atoms with E-state index in [1.54, 1.807) is 6.20 Å². The maximum absolute atomic E-state index is 12.0. The Morgan fingerprint density at radius 3 is 2.59 bits per heavy atom. The van der Waals surface area contributed by atoms with Crippen molar-refractivity contribution in [1.82, 2.24) is 9.78 Å². The molecule has 22 heavy (non-hydrogen) atoms. The van der Waals surface area contributed by atoms with Gasteiger partial charge in [-0.3, -0.25) is 4.68 Å². The third-order valence-corrected chi connectivity index (χ3v) is 3.73. The van der Waals surface area contributed by atoms with Crippen molar-refractivity contribution in [3.63, 3.8) is 0 Å². The van der Waals surface area contributed by atoms with Crippen LogP contribution in [0.15, 0.2) is 36.7 Å². The van der Waals surface area contributed by atoms with Crippen LogP contribution >= 0.6 is 0 Å². The minimum Gasteiger partial charge on any atom is -0.381 e. The molecular formula is C16H20N4O2. The smallest absolute Gasteiger partial charge is 0.323 e. The highest BCUT2D eigenvalue weighted by Gasteiger charge is 2.16. The first-order chi connectivity index (χ1) is 10.7. The number of aryl methyl sites for hydroxylation is 1. The Morgan fingerprint density at radius 1 is 1.18 bits per heavy atom. The van der Waals surface area contributed by atoms with Gasteiger partial charge in [-0.15, -0.1) is 0 Å². The number of nitrogens with zero attached hydrogens (tertiary/aromatic N) is 2. The Hall–Kier alpha value is -2.34. The molecule has 2 heterocycles. The third-order valence-electron chi connectivity index (χ3n) is 3.73. The van der Waals surface area contributed by atoms with Crippen molar-refractivity contribution in [2.75, 3.05) is 23.8 Å². The average molecular weight is 300 g/mol. The number of ether oxygens (including phenoxy) is 1. The van der Waals surface area contributed by atoms with Crippen LogP contribution in [0, 0.1) is 6.92 Å². The molecule has 1 fully saturated rings. The summed E-state index contributed by atoms with van der Waals surface area (Å²) in [6.07, 6.45) is 5.45. The van der Waals surface area contributed by atoms with Crippen molar-refractivity contribution in [2.45, 2.75) is 25.8 Å². The van der Waals surface area contributed by atoms with Crippen molar-refractivity contribution in [1.29, 1.82) is 0 Å². The van der Waals surface area contributed by atoms with Crippen molar-refractivity contribution < 1.29 is 9.53 Å². The predicted molar refractivity (Wildman–Crippen MR) is 85.1 cm³/mol. The molecule has 0 atom stereocenters. The summed E-state index contributed by atoms with van der Waals surface area (Å²) in [5, 5.41) is 9.93. The van der Waals surface area contributed by atoms with E-state index in [0.717, 1.165) is 37.3 Å². The predicted octanol–water partition coefficient (Wildman–Crippen LogP) is 3.19. The van der Waals surface area contributed by atoms with E-state index in [-0.39, 0.29) is 6.03 Å². The van der Waals surface area contributed by atoms with Crippen LogP contribution in [0.5, 0.6) is 0 Å². The molecule has 116 valence electrons. The van der Waals surface area contributed by atoms with Crippen LogP contribution < -0.4 is 10.6 Å². The van der Waals surface area contributed by atoms with Gasteiger partial charge >= 0.3 is 6.03 Å². The number of anilines is 2. The van der Waals surface area contributed by atoms with Crippen LogP contribution in [-0.2, 0) is 4.74 Å². The summed E-state index contributed by atoms with van der Waals surface area (Å²) in [5.74, 6) is 0. The molecule has 6 nitrogen and oxygen atoms in total. The van der Waals surface area contributed by atoms with Crippen LogP contribution in [0.2, 0.25) is 0 Å². The van der Waals surface area contributed by atoms with Crippen LogP contribution in [0.4, 0.5) is 16.2 Å². The molecule has 1 aromatic carbocycles. The number of nitrogens with one attached hydrogen (secondary N) is 2. The number of benzene rings is 1. The van der Waals surface area contributed by atoms with E-state index in [1.807, 2.05) is 42.1 Å². The van der Waals surface area contributed by atoms with Gasteiger partial charge in [0.25, 0.3) is 0 Å². The standard InChI is InChI=1S/C16H20N4O2/c1-12-2-4-13(5-3-12)18-16(21)19-14-10-17-20(11-14)15-6-8-22-9-7-15/h2-5,10-11,15H,6-9H2,1H3,(H2,18,19,21). The zero-order valence-corrected chi connectivity index (χ0v) is 12.6. The lowest BCUT2D eigenvalue weighted by molar-refractivity contribution is 0.0662. The first kappa shape index (κ1) is 14.6. The molecule has 0 aliphatic carbocycles. The fourth-order valence-corrected chi connectivity index (χ4v) is 2.48. The summed E-state index contributed by atoms with van der Waals surface area (Å²) < 4.78 is 7.25. The van der Waals surface area contributed by atoms with Gasteiger partial charge in [-0.1, -0.05) is 17.7 Å². The maximum atomic E-state index is 12.0. The van der Waals surface area contributed by atoms with Gasteiger partial charge in [-0.05, 0) is 31.9 Å². The lowest BCUT2D eigenvalue weighted by atomic mass is 10.1. The number of carbonyl (C=O) groups excluding carboxylic acids is 1. The Labute approximate surface area is 129 Å². The number of aromatic nitrogens is 2. The van der Waals surface area contributed by atoms with Crippen LogP contribution in [0.1, 0.15) is 24.4 Å². The Morgan fingerprint density at radius 2 is 1.86 bits per heavy atom. The molecule has 1 aliphatic heterocycles. The van der Waals surface area contributed by atoms with Crippen molar-refractivity contribution in [3.05, 3.63) is 42.2 Å². The molecule has 2 N–H and O–H groups in total. The fraction of sp³-hybridized carbons (Fsp3) is 0.375. The number of urea groups is 1. The maximum Gasteiger partial charge on any atom is 0.323 e. The second-order valence-corrected chi connectivity index (χ2v) is 5.50. The zero-order valence-electron chi connectivity index (χ0n) is 12.6. The third kappa shape index (κ3) is 3.65. The molecular weight excluding hydrogens is 280 g/mol. The molecule has 0 unspecified atom stereocenters. The highest BCUT2D eigenvalue weighted by Crippen LogP contribution is 2.21. The number of hydrogen-bond acceptors (Lipinski definition) is 3. The molecule has 3 rings (SSSR count). The van der Waals surface area contributed by atoms with E-state index in [1.165, 1.54) is 0 Å². The van der Waals surface area contributed by atoms with Crippen LogP contribution in [-0.4, -0.2) is 29.0 Å². The van der Waals surface area contributed by atoms with E-state index in [9.17, 15) is 4.79 Å². The monoisotopic (exact) mass is 300 g/mol. The molecule has 1 aliphatic rings. The van der Waals surface area contributed by atoms with Crippen molar-refractivity contribution in [2.24, 2.45) is 0 Å². The highest BCUT2D eigenvalue weighted by molar-refractivity contribution is 5.99. The first-order valence-corrected chi connectivity index (χ1v) is 7.47. The van der Waals surface area contributed by atoms with Gasteiger partial charge in [0.1, 0.15) is 0 Å². The van der Waals surface area contributed by atoms with Gasteiger partial charge in [0.05, 0.1) is 17.9 Å². The molecule has 0 saturated carbocycles. The minimum absolute atomic E-state index is 0.268. The van der Waals surface area contributed by atoms with Gasteiger partial charge in [0.2, 0.25) is 0 Å². The first-order valence-electron chi connectivity index (χ1n) is 7.47. The quantitative estimate of drug-likeness (QED) is 0.914. The number of carbonyl (C=O) groups is 1. The van der Waals surface area contributed by atoms with Crippen LogP contribution in [0.25, 0.3) is 0 Å². The molecule has 1 saturated heterocycles. The SMILES string of the molecule is Cc1ccc(NC(=O)Nc2cnn(C3CCOCC3)c2)cc1. The summed E-state index contributed by atoms with van der Waals surface area (Å²) in [4.78, 5) is 12.0. The van der Waals surface area contributed by atoms with Crippen molar-refractivity contribution in [3.8, 4) is 0 Å². The van der Waals surface area contributed by atoms with Crippen molar-refractivity contribution >= 4 is 17.4 Å². The average Bonchev–Trinajstić information content (AvgIpc) is 2.99. The van der Waals surface area contributed by atoms with Gasteiger partial charge in [-0.25, -0.2) is 4.79 Å². The van der Waals surface area contributed by atoms with Gasteiger partial charge in [0, 0.05) is 25.1 Å². The lowest BCUT2D eigenvalue weighted by Gasteiger charge is -2.22. The zero-order chi connectivity index (χ0) is 15.4. The summed E-state index contributed by atoms with van der Waals surface area (Å²) >= 11 is 0. The Balaban J connectivity index is 1.57. The van der Waals surface area contributed by atoms with E-state index < -0.39 is 0 Å². The van der Waals surface area contributed by atoms with Gasteiger partial charge in [-0.2, -0.15) is 5.10 Å². The highest BCUT2D eigenvalue weighted by atomic mass is 16.5. The second-order valence-electron chi connectivity index (χ2n) is 5.50. The lowest BCUT2D eigenvalue weighted by Crippen LogP contribution is -2.20. The summed E-state index contributed by atoms with van der Waals surface area (Å²) in [5.41, 5.74) is 2.61. The number of hydrogen-bond donors (Lipinski definition) is 2. The minimum atomic E-state index is -0.268. The summed E-state index contributed by atoms with van der Waals surface area (Å²) in [7, 11) is 0.